The summed E-state index contributed by atoms with van der Waals surface area (Å²) >= 11 is 1.27. The second-order valence-electron chi connectivity index (χ2n) is 5.95. The number of urea groups is 1. The molecule has 0 aliphatic rings. The number of thiazole rings is 1. The minimum atomic E-state index is -4.39. The van der Waals surface area contributed by atoms with Crippen molar-refractivity contribution in [2.45, 2.75) is 20.0 Å². The molecule has 1 N–H and O–H groups in total. The summed E-state index contributed by atoms with van der Waals surface area (Å²) in [6.07, 6.45) is -2.67. The predicted octanol–water partition coefficient (Wildman–Crippen LogP) is 5.31. The molecule has 0 unspecified atom stereocenters. The van der Waals surface area contributed by atoms with E-state index in [1.807, 2.05) is 32.0 Å². The van der Waals surface area contributed by atoms with E-state index in [0.717, 1.165) is 22.6 Å². The van der Waals surface area contributed by atoms with Crippen LogP contribution in [0.1, 0.15) is 16.0 Å². The summed E-state index contributed by atoms with van der Waals surface area (Å²) < 4.78 is 39.8. The Kier molecular flexibility index (Phi) is 5.18. The number of carbonyl (C=O) groups is 1. The van der Waals surface area contributed by atoms with Gasteiger partial charge in [0.25, 0.3) is 0 Å². The van der Waals surface area contributed by atoms with E-state index in [2.05, 4.69) is 10.3 Å². The fourth-order valence-corrected chi connectivity index (χ4v) is 3.32. The molecule has 0 aliphatic carbocycles. The first-order chi connectivity index (χ1) is 12.7. The van der Waals surface area contributed by atoms with Gasteiger partial charge in [-0.05, 0) is 55.8 Å². The summed E-state index contributed by atoms with van der Waals surface area (Å²) in [5.74, 6) is 0. The fourth-order valence-electron chi connectivity index (χ4n) is 2.49. The summed E-state index contributed by atoms with van der Waals surface area (Å²) in [7, 11) is 0. The van der Waals surface area contributed by atoms with Crippen molar-refractivity contribution in [2.24, 2.45) is 4.99 Å². The van der Waals surface area contributed by atoms with E-state index in [0.29, 0.717) is 16.2 Å². The van der Waals surface area contributed by atoms with E-state index in [4.69, 9.17) is 0 Å². The van der Waals surface area contributed by atoms with Crippen LogP contribution in [-0.4, -0.2) is 10.6 Å². The molecule has 4 nitrogen and oxygen atoms in total. The third-order valence-corrected chi connectivity index (χ3v) is 4.61. The van der Waals surface area contributed by atoms with Crippen LogP contribution >= 0.6 is 11.3 Å². The van der Waals surface area contributed by atoms with E-state index in [1.54, 1.807) is 16.8 Å². The van der Waals surface area contributed by atoms with Crippen molar-refractivity contribution in [1.29, 1.82) is 0 Å². The molecule has 0 bridgehead atoms. The first kappa shape index (κ1) is 18.9. The van der Waals surface area contributed by atoms with Crippen molar-refractivity contribution in [3.8, 4) is 5.69 Å². The Labute approximate surface area is 157 Å². The Morgan fingerprint density at radius 2 is 1.81 bits per heavy atom. The molecule has 140 valence electrons. The highest BCUT2D eigenvalue weighted by atomic mass is 32.1. The van der Waals surface area contributed by atoms with Crippen molar-refractivity contribution in [2.75, 3.05) is 5.32 Å². The van der Waals surface area contributed by atoms with Crippen LogP contribution in [0.5, 0.6) is 0 Å². The van der Waals surface area contributed by atoms with Gasteiger partial charge >= 0.3 is 12.2 Å². The summed E-state index contributed by atoms with van der Waals surface area (Å²) in [5, 5.41) is 2.69. The highest BCUT2D eigenvalue weighted by Gasteiger charge is 2.30. The molecule has 3 rings (SSSR count). The van der Waals surface area contributed by atoms with E-state index >= 15 is 0 Å². The van der Waals surface area contributed by atoms with Crippen molar-refractivity contribution >= 4 is 23.1 Å². The molecule has 0 radical (unpaired) electrons. The van der Waals surface area contributed by atoms with Crippen LogP contribution < -0.4 is 10.1 Å². The van der Waals surface area contributed by atoms with Gasteiger partial charge in [-0.1, -0.05) is 12.1 Å². The highest BCUT2D eigenvalue weighted by molar-refractivity contribution is 7.09. The Balaban J connectivity index is 1.91. The lowest BCUT2D eigenvalue weighted by Crippen LogP contribution is -2.17. The third-order valence-electron chi connectivity index (χ3n) is 3.71. The highest BCUT2D eigenvalue weighted by Crippen LogP contribution is 2.29. The summed E-state index contributed by atoms with van der Waals surface area (Å²) in [5.41, 5.74) is 1.39. The van der Waals surface area contributed by atoms with Crippen molar-refractivity contribution in [1.82, 2.24) is 4.57 Å². The maximum Gasteiger partial charge on any atom is 0.416 e. The summed E-state index contributed by atoms with van der Waals surface area (Å²) in [6.45, 7) is 3.75. The van der Waals surface area contributed by atoms with Gasteiger partial charge in [0.1, 0.15) is 0 Å². The molecule has 0 spiro atoms. The van der Waals surface area contributed by atoms with Gasteiger partial charge in [0.2, 0.25) is 0 Å². The quantitative estimate of drug-likeness (QED) is 0.632. The topological polar surface area (TPSA) is 46.4 Å². The van der Waals surface area contributed by atoms with E-state index < -0.39 is 17.8 Å². The van der Waals surface area contributed by atoms with Gasteiger partial charge < -0.3 is 5.32 Å². The van der Waals surface area contributed by atoms with Crippen molar-refractivity contribution in [3.05, 3.63) is 75.5 Å². The van der Waals surface area contributed by atoms with Gasteiger partial charge in [-0.3, -0.25) is 4.57 Å². The molecule has 0 saturated heterocycles. The number of aryl methyl sites for hydroxylation is 2. The monoisotopic (exact) mass is 391 g/mol. The average molecular weight is 391 g/mol. The molecule has 1 aromatic heterocycles. The number of nitrogens with zero attached hydrogens (tertiary/aromatic N) is 2. The zero-order chi connectivity index (χ0) is 19.6. The van der Waals surface area contributed by atoms with Crippen LogP contribution in [0.15, 0.2) is 59.7 Å². The van der Waals surface area contributed by atoms with Crippen molar-refractivity contribution in [3.63, 3.8) is 0 Å². The van der Waals surface area contributed by atoms with Crippen molar-refractivity contribution < 1.29 is 18.0 Å². The van der Waals surface area contributed by atoms with Crippen LogP contribution in [0, 0.1) is 13.8 Å². The van der Waals surface area contributed by atoms with Gasteiger partial charge in [-0.25, -0.2) is 4.79 Å². The first-order valence-electron chi connectivity index (χ1n) is 8.01. The minimum Gasteiger partial charge on any atom is -0.306 e. The Hall–Kier alpha value is -2.87. The van der Waals surface area contributed by atoms with Crippen LogP contribution in [-0.2, 0) is 6.18 Å². The van der Waals surface area contributed by atoms with E-state index in [1.165, 1.54) is 23.5 Å². The Morgan fingerprint density at radius 1 is 1.11 bits per heavy atom. The maximum atomic E-state index is 12.7. The number of benzene rings is 2. The molecule has 0 saturated carbocycles. The number of halogens is 3. The number of aromatic nitrogens is 1. The second-order valence-corrected chi connectivity index (χ2v) is 7.16. The lowest BCUT2D eigenvalue weighted by Gasteiger charge is -2.08. The van der Waals surface area contributed by atoms with Gasteiger partial charge in [-0.15, -0.1) is 11.3 Å². The van der Waals surface area contributed by atoms with Crippen LogP contribution in [0.2, 0.25) is 0 Å². The molecule has 0 fully saturated rings. The van der Waals surface area contributed by atoms with Crippen LogP contribution in [0.4, 0.5) is 23.7 Å². The molecule has 2 amide bonds. The predicted molar refractivity (Wildman–Crippen MR) is 99.1 cm³/mol. The number of anilines is 1. The number of carbonyl (C=O) groups excluding carboxylic acids is 1. The average Bonchev–Trinajstić information content (AvgIpc) is 2.94. The molecule has 27 heavy (non-hydrogen) atoms. The minimum absolute atomic E-state index is 0.373. The number of nitrogens with one attached hydrogen (secondary N) is 1. The normalized spacial score (nSPS) is 12.3. The number of hydrogen-bond acceptors (Lipinski definition) is 2. The zero-order valence-electron chi connectivity index (χ0n) is 14.5. The SMILES string of the molecule is Cc1cccc(NC(=O)N=c2sc(C)cn2-c2ccc(C(F)(F)F)cc2)c1. The van der Waals surface area contributed by atoms with E-state index in [-0.39, 0.29) is 0 Å². The molecule has 2 aromatic carbocycles. The molecule has 8 heteroatoms. The van der Waals surface area contributed by atoms with Crippen LogP contribution in [0.25, 0.3) is 5.69 Å². The summed E-state index contributed by atoms with van der Waals surface area (Å²) in [6, 6.07) is 11.5. The standard InChI is InChI=1S/C19H16F3N3OS/c1-12-4-3-5-15(10-12)23-17(26)24-18-25(11-13(2)27-18)16-8-6-14(7-9-16)19(20,21)22/h3-11H,1-2H3,(H,23,26). The molecular weight excluding hydrogens is 375 g/mol. The van der Waals surface area contributed by atoms with Gasteiger partial charge in [-0.2, -0.15) is 18.2 Å². The Bertz CT molecular complexity index is 1030. The number of rotatable bonds is 2. The molecule has 0 atom stereocenters. The van der Waals surface area contributed by atoms with Gasteiger partial charge in [0.15, 0.2) is 4.80 Å². The van der Waals surface area contributed by atoms with E-state index in [9.17, 15) is 18.0 Å². The Morgan fingerprint density at radius 3 is 2.44 bits per heavy atom. The second kappa shape index (κ2) is 7.40. The molecule has 1 heterocycles. The third kappa shape index (κ3) is 4.65. The first-order valence-corrected chi connectivity index (χ1v) is 8.83. The maximum absolute atomic E-state index is 12.7. The lowest BCUT2D eigenvalue weighted by molar-refractivity contribution is -0.137. The fraction of sp³-hybridized carbons (Fsp3) is 0.158. The van der Waals surface area contributed by atoms with Gasteiger partial charge in [0, 0.05) is 22.4 Å². The zero-order valence-corrected chi connectivity index (χ0v) is 15.4. The molecular formula is C19H16F3N3OS. The molecule has 3 aromatic rings. The van der Waals surface area contributed by atoms with Crippen LogP contribution in [0.3, 0.4) is 0 Å². The smallest absolute Gasteiger partial charge is 0.306 e. The number of amides is 2. The lowest BCUT2D eigenvalue weighted by atomic mass is 10.2. The largest absolute Gasteiger partial charge is 0.416 e. The summed E-state index contributed by atoms with van der Waals surface area (Å²) in [4.78, 5) is 17.5. The molecule has 0 aliphatic heterocycles. The van der Waals surface area contributed by atoms with Gasteiger partial charge in [0.05, 0.1) is 5.56 Å². The number of alkyl halides is 3. The number of hydrogen-bond donors (Lipinski definition) is 1.